The summed E-state index contributed by atoms with van der Waals surface area (Å²) in [6.07, 6.45) is 0. The third kappa shape index (κ3) is 4.03. The molecule has 0 aliphatic carbocycles. The predicted molar refractivity (Wildman–Crippen MR) is 161 cm³/mol. The maximum absolute atomic E-state index is 3.56. The molecule has 0 fully saturated rings. The highest BCUT2D eigenvalue weighted by atomic mass is 15.1. The first-order valence-corrected chi connectivity index (χ1v) is 13.0. The van der Waals surface area contributed by atoms with Crippen molar-refractivity contribution in [2.45, 2.75) is 0 Å². The number of nitrogens with zero attached hydrogens (tertiary/aromatic N) is 1. The number of hydrogen-bond acceptors (Lipinski definition) is 1. The molecule has 0 bridgehead atoms. The van der Waals surface area contributed by atoms with Crippen molar-refractivity contribution in [2.75, 3.05) is 4.90 Å². The standard InChI is InChI=1S/C36H26N2/c1-3-9-26(10-4-1)28-15-19-30(20-16-28)38(31-21-17-29(18-22-31)27-11-5-2-6-12-27)32-23-24-36-34(25-32)33-13-7-8-14-35(33)37-36/h1-25,37H. The summed E-state index contributed by atoms with van der Waals surface area (Å²) in [5, 5.41) is 2.47. The maximum Gasteiger partial charge on any atom is 0.0469 e. The number of fused-ring (bicyclic) bond motifs is 3. The Morgan fingerprint density at radius 2 is 0.789 bits per heavy atom. The topological polar surface area (TPSA) is 19.0 Å². The van der Waals surface area contributed by atoms with Gasteiger partial charge in [-0.25, -0.2) is 0 Å². The van der Waals surface area contributed by atoms with E-state index in [1.807, 2.05) is 0 Å². The van der Waals surface area contributed by atoms with E-state index in [4.69, 9.17) is 0 Å². The Balaban J connectivity index is 1.35. The minimum absolute atomic E-state index is 1.12. The van der Waals surface area contributed by atoms with Crippen LogP contribution in [0.25, 0.3) is 44.1 Å². The molecule has 1 N–H and O–H groups in total. The van der Waals surface area contributed by atoms with Crippen LogP contribution in [0.5, 0.6) is 0 Å². The van der Waals surface area contributed by atoms with Crippen LogP contribution in [0.15, 0.2) is 152 Å². The molecular weight excluding hydrogens is 460 g/mol. The van der Waals surface area contributed by atoms with Crippen LogP contribution in [-0.4, -0.2) is 4.98 Å². The van der Waals surface area contributed by atoms with Gasteiger partial charge in [-0.15, -0.1) is 0 Å². The number of nitrogens with one attached hydrogen (secondary N) is 1. The van der Waals surface area contributed by atoms with Crippen LogP contribution in [-0.2, 0) is 0 Å². The molecule has 0 aliphatic rings. The van der Waals surface area contributed by atoms with Gasteiger partial charge in [0, 0.05) is 38.9 Å². The van der Waals surface area contributed by atoms with E-state index in [0.717, 1.165) is 28.1 Å². The zero-order chi connectivity index (χ0) is 25.3. The van der Waals surface area contributed by atoms with E-state index >= 15 is 0 Å². The van der Waals surface area contributed by atoms with Gasteiger partial charge < -0.3 is 9.88 Å². The summed E-state index contributed by atoms with van der Waals surface area (Å²) in [5.74, 6) is 0. The molecular formula is C36H26N2. The van der Waals surface area contributed by atoms with Crippen LogP contribution >= 0.6 is 0 Å². The van der Waals surface area contributed by atoms with Crippen molar-refractivity contribution in [1.29, 1.82) is 0 Å². The first kappa shape index (κ1) is 22.1. The minimum atomic E-state index is 1.12. The molecule has 2 heteroatoms. The smallest absolute Gasteiger partial charge is 0.0469 e. The van der Waals surface area contributed by atoms with Gasteiger partial charge in [0.2, 0.25) is 0 Å². The third-order valence-electron chi connectivity index (χ3n) is 7.21. The SMILES string of the molecule is c1ccc(-c2ccc(N(c3ccc(-c4ccccc4)cc3)c3ccc4[nH]c5ccccc5c4c3)cc2)cc1. The van der Waals surface area contributed by atoms with Gasteiger partial charge in [0.05, 0.1) is 0 Å². The molecule has 7 rings (SSSR count). The van der Waals surface area contributed by atoms with Gasteiger partial charge in [0.15, 0.2) is 0 Å². The fraction of sp³-hybridized carbons (Fsp3) is 0. The van der Waals surface area contributed by atoms with Crippen molar-refractivity contribution < 1.29 is 0 Å². The maximum atomic E-state index is 3.56. The van der Waals surface area contributed by atoms with Crippen LogP contribution in [0, 0.1) is 0 Å². The molecule has 0 spiro atoms. The molecule has 1 aromatic heterocycles. The van der Waals surface area contributed by atoms with Gasteiger partial charge in [-0.2, -0.15) is 0 Å². The van der Waals surface area contributed by atoms with Crippen LogP contribution in [0.4, 0.5) is 17.1 Å². The van der Waals surface area contributed by atoms with E-state index in [1.54, 1.807) is 0 Å². The summed E-state index contributed by atoms with van der Waals surface area (Å²) in [6, 6.07) is 53.9. The fourth-order valence-corrected chi connectivity index (χ4v) is 5.29. The summed E-state index contributed by atoms with van der Waals surface area (Å²) >= 11 is 0. The monoisotopic (exact) mass is 486 g/mol. The van der Waals surface area contributed by atoms with E-state index in [2.05, 4.69) is 162 Å². The van der Waals surface area contributed by atoms with Crippen molar-refractivity contribution in [3.63, 3.8) is 0 Å². The lowest BCUT2D eigenvalue weighted by Gasteiger charge is -2.26. The number of aromatic amines is 1. The lowest BCUT2D eigenvalue weighted by Crippen LogP contribution is -2.09. The Labute approximate surface area is 222 Å². The molecule has 0 radical (unpaired) electrons. The number of H-pyrrole nitrogens is 1. The molecule has 6 aromatic carbocycles. The average molecular weight is 487 g/mol. The molecule has 180 valence electrons. The molecule has 0 aliphatic heterocycles. The first-order valence-electron chi connectivity index (χ1n) is 13.0. The zero-order valence-corrected chi connectivity index (χ0v) is 20.9. The number of benzene rings is 6. The van der Waals surface area contributed by atoms with Gasteiger partial charge in [-0.05, 0) is 70.8 Å². The van der Waals surface area contributed by atoms with E-state index in [9.17, 15) is 0 Å². The van der Waals surface area contributed by atoms with Gasteiger partial charge in [0.1, 0.15) is 0 Å². The number of para-hydroxylation sites is 1. The van der Waals surface area contributed by atoms with Crippen molar-refractivity contribution in [3.05, 3.63) is 152 Å². The fourth-order valence-electron chi connectivity index (χ4n) is 5.29. The molecule has 0 amide bonds. The quantitative estimate of drug-likeness (QED) is 0.256. The minimum Gasteiger partial charge on any atom is -0.355 e. The molecule has 0 saturated carbocycles. The molecule has 0 unspecified atom stereocenters. The second-order valence-corrected chi connectivity index (χ2v) is 9.56. The van der Waals surface area contributed by atoms with Crippen LogP contribution < -0.4 is 4.90 Å². The first-order chi connectivity index (χ1) is 18.8. The normalized spacial score (nSPS) is 11.2. The van der Waals surface area contributed by atoms with Gasteiger partial charge in [-0.3, -0.25) is 0 Å². The largest absolute Gasteiger partial charge is 0.355 e. The molecule has 0 saturated heterocycles. The highest BCUT2D eigenvalue weighted by Crippen LogP contribution is 2.39. The van der Waals surface area contributed by atoms with Gasteiger partial charge >= 0.3 is 0 Å². The molecule has 7 aromatic rings. The number of rotatable bonds is 5. The second-order valence-electron chi connectivity index (χ2n) is 9.56. The van der Waals surface area contributed by atoms with Gasteiger partial charge in [-0.1, -0.05) is 103 Å². The van der Waals surface area contributed by atoms with Crippen molar-refractivity contribution >= 4 is 38.9 Å². The lowest BCUT2D eigenvalue weighted by molar-refractivity contribution is 1.29. The number of anilines is 3. The molecule has 2 nitrogen and oxygen atoms in total. The summed E-state index contributed by atoms with van der Waals surface area (Å²) < 4.78 is 0. The van der Waals surface area contributed by atoms with E-state index < -0.39 is 0 Å². The van der Waals surface area contributed by atoms with Crippen molar-refractivity contribution in [2.24, 2.45) is 0 Å². The summed E-state index contributed by atoms with van der Waals surface area (Å²) in [4.78, 5) is 5.89. The molecule has 1 heterocycles. The van der Waals surface area contributed by atoms with Crippen molar-refractivity contribution in [3.8, 4) is 22.3 Å². The predicted octanol–water partition coefficient (Wildman–Crippen LogP) is 10.1. The highest BCUT2D eigenvalue weighted by molar-refractivity contribution is 6.08. The number of hydrogen-bond donors (Lipinski definition) is 1. The molecule has 38 heavy (non-hydrogen) atoms. The van der Waals surface area contributed by atoms with E-state index in [-0.39, 0.29) is 0 Å². The summed E-state index contributed by atoms with van der Waals surface area (Å²) in [7, 11) is 0. The third-order valence-corrected chi connectivity index (χ3v) is 7.21. The molecule has 0 atom stereocenters. The van der Waals surface area contributed by atoms with Crippen LogP contribution in [0.1, 0.15) is 0 Å². The Kier molecular flexibility index (Phi) is 5.49. The van der Waals surface area contributed by atoms with E-state index in [1.165, 1.54) is 33.0 Å². The summed E-state index contributed by atoms with van der Waals surface area (Å²) in [6.45, 7) is 0. The Morgan fingerprint density at radius 1 is 0.342 bits per heavy atom. The zero-order valence-electron chi connectivity index (χ0n) is 20.9. The van der Waals surface area contributed by atoms with Crippen molar-refractivity contribution in [1.82, 2.24) is 4.98 Å². The average Bonchev–Trinajstić information content (AvgIpc) is 3.37. The Morgan fingerprint density at radius 3 is 1.37 bits per heavy atom. The Bertz CT molecular complexity index is 1750. The van der Waals surface area contributed by atoms with Gasteiger partial charge in [0.25, 0.3) is 0 Å². The van der Waals surface area contributed by atoms with E-state index in [0.29, 0.717) is 0 Å². The summed E-state index contributed by atoms with van der Waals surface area (Å²) in [5.41, 5.74) is 10.5. The van der Waals surface area contributed by atoms with Crippen LogP contribution in [0.3, 0.4) is 0 Å². The van der Waals surface area contributed by atoms with Crippen LogP contribution in [0.2, 0.25) is 0 Å². The Hall–Kier alpha value is -5.08. The lowest BCUT2D eigenvalue weighted by atomic mass is 10.0. The second kappa shape index (κ2) is 9.42. The highest BCUT2D eigenvalue weighted by Gasteiger charge is 2.15. The number of aromatic nitrogens is 1.